The topological polar surface area (TPSA) is 79.2 Å². The second-order valence-corrected chi connectivity index (χ2v) is 6.12. The molecule has 5 nitrogen and oxygen atoms in total. The van der Waals surface area contributed by atoms with Crippen LogP contribution in [0.25, 0.3) is 10.9 Å². The van der Waals surface area contributed by atoms with Crippen molar-refractivity contribution in [2.24, 2.45) is 0 Å². The first-order valence-corrected chi connectivity index (χ1v) is 6.80. The van der Waals surface area contributed by atoms with Crippen molar-refractivity contribution >= 4 is 39.2 Å². The minimum atomic E-state index is -4.83. The number of rotatable bonds is 2. The summed E-state index contributed by atoms with van der Waals surface area (Å²) in [5.41, 5.74) is -3.22. The van der Waals surface area contributed by atoms with Gasteiger partial charge in [0.1, 0.15) is 5.56 Å². The van der Waals surface area contributed by atoms with E-state index in [1.807, 2.05) is 22.6 Å². The number of nitrogens with one attached hydrogen (secondary N) is 1. The molecule has 2 rings (SSSR count). The first-order valence-electron chi connectivity index (χ1n) is 5.72. The number of aromatic amines is 1. The maximum atomic E-state index is 12.9. The molecule has 0 fully saturated rings. The Kier molecular flexibility index (Phi) is 3.69. The van der Waals surface area contributed by atoms with Gasteiger partial charge >= 0.3 is 6.18 Å². The SMILES string of the molecule is CC(C)(O)c1[nH]c2cc(C(F)(F)F)c([N+](=O)[O-])cc2c1I. The number of hydrogen-bond acceptors (Lipinski definition) is 3. The zero-order chi connectivity index (χ0) is 16.2. The van der Waals surface area contributed by atoms with E-state index in [9.17, 15) is 28.4 Å². The number of benzene rings is 1. The molecule has 1 heterocycles. The lowest BCUT2D eigenvalue weighted by Gasteiger charge is -2.15. The number of halogens is 4. The van der Waals surface area contributed by atoms with Crippen molar-refractivity contribution in [1.29, 1.82) is 0 Å². The van der Waals surface area contributed by atoms with Gasteiger partial charge in [0.05, 0.1) is 16.2 Å². The number of hydrogen-bond donors (Lipinski definition) is 2. The molecule has 0 aliphatic heterocycles. The lowest BCUT2D eigenvalue weighted by Crippen LogP contribution is -2.17. The standard InChI is InChI=1S/C12H10F3IN2O3/c1-11(2,19)10-9(16)5-3-8(18(20)21)6(12(13,14)15)4-7(5)17-10/h3-4,17,19H,1-2H3. The highest BCUT2D eigenvalue weighted by Gasteiger charge is 2.39. The molecule has 0 saturated heterocycles. The monoisotopic (exact) mass is 414 g/mol. The van der Waals surface area contributed by atoms with Crippen LogP contribution in [-0.4, -0.2) is 15.0 Å². The normalized spacial score (nSPS) is 12.9. The molecule has 9 heteroatoms. The summed E-state index contributed by atoms with van der Waals surface area (Å²) < 4.78 is 39.2. The summed E-state index contributed by atoms with van der Waals surface area (Å²) >= 11 is 1.84. The van der Waals surface area contributed by atoms with Crippen LogP contribution < -0.4 is 0 Å². The third kappa shape index (κ3) is 2.84. The Bertz CT molecular complexity index is 732. The predicted octanol–water partition coefficient (Wildman–Crippen LogP) is 3.93. The number of nitro benzene ring substituents is 1. The van der Waals surface area contributed by atoms with Gasteiger partial charge in [0.2, 0.25) is 0 Å². The van der Waals surface area contributed by atoms with Gasteiger partial charge in [-0.15, -0.1) is 0 Å². The van der Waals surface area contributed by atoms with Crippen LogP contribution in [0.5, 0.6) is 0 Å². The van der Waals surface area contributed by atoms with Crippen molar-refractivity contribution < 1.29 is 23.2 Å². The summed E-state index contributed by atoms with van der Waals surface area (Å²) in [6, 6.07) is 1.58. The van der Waals surface area contributed by atoms with Gasteiger partial charge in [0.25, 0.3) is 5.69 Å². The first kappa shape index (κ1) is 16.0. The van der Waals surface area contributed by atoms with Gasteiger partial charge in [0.15, 0.2) is 0 Å². The molecule has 0 amide bonds. The minimum Gasteiger partial charge on any atom is -0.384 e. The van der Waals surface area contributed by atoms with Crippen molar-refractivity contribution in [3.05, 3.63) is 37.1 Å². The molecule has 1 aromatic carbocycles. The number of aliphatic hydroxyl groups is 1. The van der Waals surface area contributed by atoms with Gasteiger partial charge in [-0.2, -0.15) is 13.2 Å². The Morgan fingerprint density at radius 2 is 1.90 bits per heavy atom. The molecular weight excluding hydrogens is 404 g/mol. The number of alkyl halides is 3. The summed E-state index contributed by atoms with van der Waals surface area (Å²) in [6.45, 7) is 2.94. The molecule has 0 radical (unpaired) electrons. The zero-order valence-electron chi connectivity index (χ0n) is 10.9. The van der Waals surface area contributed by atoms with E-state index in [-0.39, 0.29) is 10.9 Å². The molecule has 0 bridgehead atoms. The highest BCUT2D eigenvalue weighted by Crippen LogP contribution is 2.41. The van der Waals surface area contributed by atoms with Crippen molar-refractivity contribution in [1.82, 2.24) is 4.98 Å². The highest BCUT2D eigenvalue weighted by molar-refractivity contribution is 14.1. The van der Waals surface area contributed by atoms with Crippen molar-refractivity contribution in [3.63, 3.8) is 0 Å². The van der Waals surface area contributed by atoms with Crippen LogP contribution in [0.4, 0.5) is 18.9 Å². The average Bonchev–Trinajstić information content (AvgIpc) is 2.63. The van der Waals surface area contributed by atoms with E-state index in [1.54, 1.807) is 0 Å². The average molecular weight is 414 g/mol. The number of H-pyrrole nitrogens is 1. The van der Waals surface area contributed by atoms with Crippen LogP contribution in [0.2, 0.25) is 0 Å². The van der Waals surface area contributed by atoms with Gasteiger partial charge in [-0.3, -0.25) is 10.1 Å². The third-order valence-electron chi connectivity index (χ3n) is 2.97. The summed E-state index contributed by atoms with van der Waals surface area (Å²) in [5.74, 6) is 0. The summed E-state index contributed by atoms with van der Waals surface area (Å²) in [5, 5.41) is 21.1. The minimum absolute atomic E-state index is 0.0921. The van der Waals surface area contributed by atoms with Crippen LogP contribution in [-0.2, 0) is 11.8 Å². The number of aromatic nitrogens is 1. The molecule has 0 spiro atoms. The molecule has 0 aliphatic rings. The maximum absolute atomic E-state index is 12.9. The van der Waals surface area contributed by atoms with Gasteiger partial charge < -0.3 is 10.1 Å². The Morgan fingerprint density at radius 1 is 1.33 bits per heavy atom. The number of fused-ring (bicyclic) bond motifs is 1. The second kappa shape index (κ2) is 4.83. The van der Waals surface area contributed by atoms with Crippen molar-refractivity contribution in [2.45, 2.75) is 25.6 Å². The molecular formula is C12H10F3IN2O3. The van der Waals surface area contributed by atoms with Gasteiger partial charge in [-0.05, 0) is 42.5 Å². The zero-order valence-corrected chi connectivity index (χ0v) is 13.0. The van der Waals surface area contributed by atoms with Crippen LogP contribution in [0.15, 0.2) is 12.1 Å². The molecule has 114 valence electrons. The van der Waals surface area contributed by atoms with E-state index in [2.05, 4.69) is 4.98 Å². The lowest BCUT2D eigenvalue weighted by molar-refractivity contribution is -0.387. The first-order chi connectivity index (χ1) is 9.43. The Hall–Kier alpha value is -1.36. The Balaban J connectivity index is 2.85. The van der Waals surface area contributed by atoms with Crippen LogP contribution in [0, 0.1) is 13.7 Å². The van der Waals surface area contributed by atoms with Crippen LogP contribution in [0.3, 0.4) is 0 Å². The number of nitro groups is 1. The smallest absolute Gasteiger partial charge is 0.384 e. The van der Waals surface area contributed by atoms with Crippen LogP contribution >= 0.6 is 22.6 Å². The fourth-order valence-corrected chi connectivity index (χ4v) is 3.24. The van der Waals surface area contributed by atoms with E-state index in [1.165, 1.54) is 13.8 Å². The fraction of sp³-hybridized carbons (Fsp3) is 0.333. The summed E-state index contributed by atoms with van der Waals surface area (Å²) in [7, 11) is 0. The van der Waals surface area contributed by atoms with Gasteiger partial charge in [-0.25, -0.2) is 0 Å². The van der Waals surface area contributed by atoms with Gasteiger partial charge in [-0.1, -0.05) is 0 Å². The van der Waals surface area contributed by atoms with Crippen molar-refractivity contribution in [3.8, 4) is 0 Å². The van der Waals surface area contributed by atoms with E-state index in [0.29, 0.717) is 15.3 Å². The Labute approximate surface area is 130 Å². The third-order valence-corrected chi connectivity index (χ3v) is 4.09. The molecule has 2 aromatic rings. The van der Waals surface area contributed by atoms with E-state index >= 15 is 0 Å². The molecule has 0 unspecified atom stereocenters. The molecule has 21 heavy (non-hydrogen) atoms. The molecule has 0 saturated carbocycles. The summed E-state index contributed by atoms with van der Waals surface area (Å²) in [6.07, 6.45) is -4.83. The quantitative estimate of drug-likeness (QED) is 0.444. The van der Waals surface area contributed by atoms with E-state index < -0.39 is 28.0 Å². The van der Waals surface area contributed by atoms with E-state index in [0.717, 1.165) is 6.07 Å². The largest absolute Gasteiger partial charge is 0.423 e. The van der Waals surface area contributed by atoms with Gasteiger partial charge in [0, 0.05) is 20.5 Å². The molecule has 0 atom stereocenters. The number of nitrogens with zero attached hydrogens (tertiary/aromatic N) is 1. The second-order valence-electron chi connectivity index (χ2n) is 5.04. The lowest BCUT2D eigenvalue weighted by atomic mass is 10.1. The molecule has 1 aromatic heterocycles. The van der Waals surface area contributed by atoms with Crippen molar-refractivity contribution in [2.75, 3.05) is 0 Å². The molecule has 2 N–H and O–H groups in total. The van der Waals surface area contributed by atoms with E-state index in [4.69, 9.17) is 0 Å². The summed E-state index contributed by atoms with van der Waals surface area (Å²) in [4.78, 5) is 12.5. The fourth-order valence-electron chi connectivity index (χ4n) is 2.00. The molecule has 0 aliphatic carbocycles. The predicted molar refractivity (Wildman–Crippen MR) is 77.9 cm³/mol. The maximum Gasteiger partial charge on any atom is 0.423 e. The Morgan fingerprint density at radius 3 is 2.33 bits per heavy atom. The highest BCUT2D eigenvalue weighted by atomic mass is 127. The van der Waals surface area contributed by atoms with Crippen LogP contribution in [0.1, 0.15) is 25.1 Å².